The molecule has 1 aliphatic heterocycles. The zero-order chi connectivity index (χ0) is 20.5. The molecule has 2 aliphatic rings. The molecular weight excluding hydrogens is 474 g/mol. The second kappa shape index (κ2) is 8.75. The number of thiophene rings is 2. The summed E-state index contributed by atoms with van der Waals surface area (Å²) >= 11 is 6.91. The van der Waals surface area contributed by atoms with Crippen molar-refractivity contribution in [3.8, 4) is 0 Å². The average molecular weight is 498 g/mol. The summed E-state index contributed by atoms with van der Waals surface area (Å²) in [6.45, 7) is 2.44. The van der Waals surface area contributed by atoms with Crippen molar-refractivity contribution in [3.05, 3.63) is 35.8 Å². The van der Waals surface area contributed by atoms with Crippen molar-refractivity contribution in [2.45, 2.75) is 45.2 Å². The van der Waals surface area contributed by atoms with E-state index < -0.39 is 0 Å². The van der Waals surface area contributed by atoms with Crippen molar-refractivity contribution in [3.63, 3.8) is 0 Å². The Kier molecular flexibility index (Phi) is 6.29. The number of nitrogens with zero attached hydrogens (tertiary/aromatic N) is 1. The first-order chi connectivity index (χ1) is 14.0. The second-order valence-electron chi connectivity index (χ2n) is 7.46. The lowest BCUT2D eigenvalue weighted by atomic mass is 9.95. The number of urea groups is 1. The van der Waals surface area contributed by atoms with Crippen LogP contribution in [0.4, 0.5) is 9.80 Å². The zero-order valence-electron chi connectivity index (χ0n) is 16.5. The van der Waals surface area contributed by atoms with E-state index in [4.69, 9.17) is 4.74 Å². The summed E-state index contributed by atoms with van der Waals surface area (Å²) in [6.07, 6.45) is 4.99. The normalized spacial score (nSPS) is 16.1. The topological polar surface area (TPSA) is 70.7 Å². The summed E-state index contributed by atoms with van der Waals surface area (Å²) < 4.78 is 6.06. The van der Waals surface area contributed by atoms with Gasteiger partial charge in [0.1, 0.15) is 5.00 Å². The fraction of sp³-hybridized carbons (Fsp3) is 0.500. The first-order valence-electron chi connectivity index (χ1n) is 9.73. The number of hydrogen-bond donors (Lipinski definition) is 2. The molecule has 0 saturated heterocycles. The molecule has 2 N–H and O–H groups in total. The van der Waals surface area contributed by atoms with E-state index in [0.29, 0.717) is 17.1 Å². The predicted octanol–water partition coefficient (Wildman–Crippen LogP) is 4.55. The van der Waals surface area contributed by atoms with Gasteiger partial charge in [-0.1, -0.05) is 0 Å². The third-order valence-electron chi connectivity index (χ3n) is 5.52. The van der Waals surface area contributed by atoms with E-state index in [1.807, 2.05) is 0 Å². The fourth-order valence-electron chi connectivity index (χ4n) is 4.03. The van der Waals surface area contributed by atoms with Crippen LogP contribution in [-0.4, -0.2) is 37.6 Å². The highest BCUT2D eigenvalue weighted by molar-refractivity contribution is 9.11. The number of fused-ring (bicyclic) bond motifs is 2. The second-order valence-corrected chi connectivity index (χ2v) is 11.0. The van der Waals surface area contributed by atoms with E-state index in [1.54, 1.807) is 11.3 Å². The highest BCUT2D eigenvalue weighted by atomic mass is 79.9. The number of amides is 2. The largest absolute Gasteiger partial charge is 0.465 e. The third kappa shape index (κ3) is 4.23. The molecular formula is C20H24BrN3O3S2. The van der Waals surface area contributed by atoms with Gasteiger partial charge in [0.25, 0.3) is 0 Å². The minimum atomic E-state index is -0.376. The number of halogens is 1. The zero-order valence-corrected chi connectivity index (χ0v) is 19.7. The molecule has 0 unspecified atom stereocenters. The molecule has 0 spiro atoms. The third-order valence-corrected chi connectivity index (χ3v) is 8.74. The molecule has 29 heavy (non-hydrogen) atoms. The Balaban J connectivity index is 1.47. The molecule has 9 heteroatoms. The molecule has 0 radical (unpaired) electrons. The Labute approximate surface area is 186 Å². The van der Waals surface area contributed by atoms with Crippen LogP contribution in [-0.2, 0) is 37.1 Å². The Bertz CT molecular complexity index is 953. The van der Waals surface area contributed by atoms with Crippen molar-refractivity contribution in [1.82, 2.24) is 10.2 Å². The minimum absolute atomic E-state index is 0.298. The summed E-state index contributed by atoms with van der Waals surface area (Å²) in [7, 11) is 3.51. The lowest BCUT2D eigenvalue weighted by Crippen LogP contribution is -2.30. The van der Waals surface area contributed by atoms with Gasteiger partial charge in [0.05, 0.1) is 16.5 Å². The number of carbonyl (C=O) groups excluding carboxylic acids is 2. The number of rotatable bonds is 4. The van der Waals surface area contributed by atoms with Crippen LogP contribution in [0.5, 0.6) is 0 Å². The lowest BCUT2D eigenvalue weighted by Gasteiger charge is -2.22. The molecule has 0 aromatic carbocycles. The number of aryl methyl sites for hydroxylation is 1. The monoisotopic (exact) mass is 497 g/mol. The minimum Gasteiger partial charge on any atom is -0.465 e. The van der Waals surface area contributed by atoms with E-state index in [9.17, 15) is 9.59 Å². The Morgan fingerprint density at radius 1 is 1.14 bits per heavy atom. The lowest BCUT2D eigenvalue weighted by molar-refractivity contribution is 0.0601. The van der Waals surface area contributed by atoms with E-state index in [-0.39, 0.29) is 12.0 Å². The summed E-state index contributed by atoms with van der Waals surface area (Å²) in [5.74, 6) is -0.376. The van der Waals surface area contributed by atoms with Crippen LogP contribution in [0.3, 0.4) is 0 Å². The van der Waals surface area contributed by atoms with Crippen molar-refractivity contribution < 1.29 is 14.3 Å². The SMILES string of the molecule is COC(=O)c1c(NC(=O)NCc2c(Br)sc3c2CCN(C)C3)sc2c1CCCC2. The number of esters is 1. The van der Waals surface area contributed by atoms with Crippen LogP contribution in [0, 0.1) is 0 Å². The van der Waals surface area contributed by atoms with Gasteiger partial charge in [-0.2, -0.15) is 0 Å². The molecule has 0 bridgehead atoms. The van der Waals surface area contributed by atoms with Crippen LogP contribution >= 0.6 is 38.6 Å². The van der Waals surface area contributed by atoms with Crippen molar-refractivity contribution >= 4 is 55.6 Å². The van der Waals surface area contributed by atoms with Crippen LogP contribution < -0.4 is 10.6 Å². The molecule has 4 rings (SSSR count). The van der Waals surface area contributed by atoms with Gasteiger partial charge in [0.15, 0.2) is 0 Å². The molecule has 156 valence electrons. The Morgan fingerprint density at radius 3 is 2.72 bits per heavy atom. The molecule has 1 aliphatic carbocycles. The number of hydrogen-bond acceptors (Lipinski definition) is 6. The molecule has 2 amide bonds. The molecule has 2 aromatic rings. The standard InChI is InChI=1S/C20H24BrN3O3S2/c1-24-8-7-11-13(17(21)28-15(11)10-24)9-22-20(26)23-18-16(19(25)27-2)12-5-3-4-6-14(12)29-18/h3-10H2,1-2H3,(H2,22,23,26). The van der Waals surface area contributed by atoms with Gasteiger partial charge in [0, 0.05) is 29.4 Å². The van der Waals surface area contributed by atoms with Crippen molar-refractivity contribution in [1.29, 1.82) is 0 Å². The average Bonchev–Trinajstić information content (AvgIpc) is 3.21. The molecule has 2 aromatic heterocycles. The summed E-state index contributed by atoms with van der Waals surface area (Å²) in [5, 5.41) is 6.46. The summed E-state index contributed by atoms with van der Waals surface area (Å²) in [4.78, 5) is 29.8. The highest BCUT2D eigenvalue weighted by Crippen LogP contribution is 2.39. The van der Waals surface area contributed by atoms with E-state index >= 15 is 0 Å². The number of carbonyl (C=O) groups is 2. The number of methoxy groups -OCH3 is 1. The van der Waals surface area contributed by atoms with Crippen LogP contribution in [0.1, 0.15) is 49.6 Å². The van der Waals surface area contributed by atoms with Crippen LogP contribution in [0.2, 0.25) is 0 Å². The first kappa shape index (κ1) is 20.8. The maximum Gasteiger partial charge on any atom is 0.341 e. The van der Waals surface area contributed by atoms with Gasteiger partial charge in [0.2, 0.25) is 0 Å². The highest BCUT2D eigenvalue weighted by Gasteiger charge is 2.27. The van der Waals surface area contributed by atoms with Gasteiger partial charge in [-0.3, -0.25) is 5.32 Å². The van der Waals surface area contributed by atoms with E-state index in [2.05, 4.69) is 38.5 Å². The maximum atomic E-state index is 12.6. The van der Waals surface area contributed by atoms with E-state index in [1.165, 1.54) is 33.8 Å². The molecule has 6 nitrogen and oxygen atoms in total. The molecule has 0 fully saturated rings. The van der Waals surface area contributed by atoms with Gasteiger partial charge in [-0.25, -0.2) is 9.59 Å². The van der Waals surface area contributed by atoms with Crippen molar-refractivity contribution in [2.24, 2.45) is 0 Å². The number of nitrogens with one attached hydrogen (secondary N) is 2. The Morgan fingerprint density at radius 2 is 1.93 bits per heavy atom. The number of anilines is 1. The smallest absolute Gasteiger partial charge is 0.341 e. The summed E-state index contributed by atoms with van der Waals surface area (Å²) in [5.41, 5.74) is 4.08. The van der Waals surface area contributed by atoms with Gasteiger partial charge in [-0.05, 0) is 71.8 Å². The van der Waals surface area contributed by atoms with Crippen LogP contribution in [0.15, 0.2) is 3.79 Å². The number of likely N-dealkylation sites (N-methyl/N-ethyl adjacent to an activating group) is 1. The van der Waals surface area contributed by atoms with Gasteiger partial charge in [-0.15, -0.1) is 22.7 Å². The van der Waals surface area contributed by atoms with Gasteiger partial charge >= 0.3 is 12.0 Å². The molecule has 0 saturated carbocycles. The van der Waals surface area contributed by atoms with E-state index in [0.717, 1.165) is 60.1 Å². The molecule has 0 atom stereocenters. The fourth-order valence-corrected chi connectivity index (χ4v) is 7.43. The van der Waals surface area contributed by atoms with Gasteiger partial charge < -0.3 is 15.0 Å². The quantitative estimate of drug-likeness (QED) is 0.607. The summed E-state index contributed by atoms with van der Waals surface area (Å²) in [6, 6.07) is -0.298. The Hall–Kier alpha value is -1.42. The first-order valence-corrected chi connectivity index (χ1v) is 12.2. The maximum absolute atomic E-state index is 12.6. The molecule has 3 heterocycles. The predicted molar refractivity (Wildman–Crippen MR) is 120 cm³/mol. The van der Waals surface area contributed by atoms with Crippen molar-refractivity contribution in [2.75, 3.05) is 26.0 Å². The number of ether oxygens (including phenoxy) is 1. The van der Waals surface area contributed by atoms with Crippen LogP contribution in [0.25, 0.3) is 0 Å².